The van der Waals surface area contributed by atoms with Gasteiger partial charge in [0.15, 0.2) is 6.20 Å². The van der Waals surface area contributed by atoms with E-state index in [1.807, 2.05) is 0 Å². The summed E-state index contributed by atoms with van der Waals surface area (Å²) < 4.78 is 5.13. The maximum atomic E-state index is 10.4. The summed E-state index contributed by atoms with van der Waals surface area (Å²) in [5, 5.41) is 10.4. The summed E-state index contributed by atoms with van der Waals surface area (Å²) in [4.78, 5) is 15.7. The monoisotopic (exact) mass is 209 g/mol. The van der Waals surface area contributed by atoms with Crippen LogP contribution in [0, 0.1) is 10.1 Å². The van der Waals surface area contributed by atoms with Crippen LogP contribution in [0.15, 0.2) is 18.3 Å². The summed E-state index contributed by atoms with van der Waals surface area (Å²) in [6.45, 7) is 1.63. The van der Waals surface area contributed by atoms with E-state index in [2.05, 4.69) is 9.88 Å². The first-order valence-electron chi connectivity index (χ1n) is 4.59. The summed E-state index contributed by atoms with van der Waals surface area (Å²) in [5.74, 6) is -0.123. The topological polar surface area (TPSA) is 68.5 Å². The minimum atomic E-state index is -0.502. The summed E-state index contributed by atoms with van der Waals surface area (Å²) in [6, 6.07) is 3.12. The number of hydrogen-bond acceptors (Lipinski definition) is 5. The summed E-state index contributed by atoms with van der Waals surface area (Å²) in [7, 11) is 1.68. The molecule has 0 amide bonds. The molecule has 15 heavy (non-hydrogen) atoms. The van der Waals surface area contributed by atoms with Crippen LogP contribution in [0.5, 0.6) is 0 Å². The summed E-state index contributed by atoms with van der Waals surface area (Å²) in [5.41, 5.74) is 0.897. The molecule has 80 valence electrons. The summed E-state index contributed by atoms with van der Waals surface area (Å²) >= 11 is 0. The average molecular weight is 209 g/mol. The molecular formula is C9H11N3O3. The van der Waals surface area contributed by atoms with Crippen LogP contribution in [0.3, 0.4) is 0 Å². The van der Waals surface area contributed by atoms with Crippen LogP contribution in [-0.2, 0) is 4.74 Å². The van der Waals surface area contributed by atoms with Gasteiger partial charge in [0.25, 0.3) is 0 Å². The smallest absolute Gasteiger partial charge is 0.363 e. The molecule has 1 aromatic heterocycles. The molecule has 0 N–H and O–H groups in total. The highest BCUT2D eigenvalue weighted by Crippen LogP contribution is 2.22. The highest BCUT2D eigenvalue weighted by Gasteiger charge is 2.27. The molecule has 1 aliphatic heterocycles. The van der Waals surface area contributed by atoms with Crippen LogP contribution < -0.4 is 4.90 Å². The van der Waals surface area contributed by atoms with Gasteiger partial charge in [-0.3, -0.25) is 0 Å². The van der Waals surface area contributed by atoms with Crippen molar-refractivity contribution >= 4 is 11.5 Å². The molecule has 1 aliphatic rings. The molecule has 6 nitrogen and oxygen atoms in total. The Labute approximate surface area is 86.6 Å². The zero-order valence-electron chi connectivity index (χ0n) is 8.29. The molecule has 1 fully saturated rings. The van der Waals surface area contributed by atoms with Gasteiger partial charge in [-0.15, -0.1) is 0 Å². The van der Waals surface area contributed by atoms with Crippen LogP contribution in [0.2, 0.25) is 0 Å². The zero-order valence-corrected chi connectivity index (χ0v) is 8.29. The van der Waals surface area contributed by atoms with Crippen LogP contribution >= 0.6 is 0 Å². The number of methoxy groups -OCH3 is 1. The van der Waals surface area contributed by atoms with Crippen molar-refractivity contribution in [2.24, 2.45) is 0 Å². The third kappa shape index (κ3) is 1.89. The Morgan fingerprint density at radius 2 is 2.33 bits per heavy atom. The first-order chi connectivity index (χ1) is 7.20. The molecule has 2 rings (SSSR count). The molecule has 0 aliphatic carbocycles. The Bertz CT molecular complexity index is 359. The number of pyridine rings is 1. The first-order valence-corrected chi connectivity index (χ1v) is 4.59. The van der Waals surface area contributed by atoms with Gasteiger partial charge in [0.1, 0.15) is 0 Å². The van der Waals surface area contributed by atoms with Gasteiger partial charge in [-0.25, -0.2) is 0 Å². The van der Waals surface area contributed by atoms with E-state index in [-0.39, 0.29) is 11.9 Å². The van der Waals surface area contributed by atoms with E-state index in [9.17, 15) is 10.1 Å². The average Bonchev–Trinajstić information content (AvgIpc) is 2.17. The lowest BCUT2D eigenvalue weighted by molar-refractivity contribution is -0.389. The second-order valence-electron chi connectivity index (χ2n) is 3.39. The Kier molecular flexibility index (Phi) is 2.51. The molecule has 0 saturated carbocycles. The molecule has 0 atom stereocenters. The van der Waals surface area contributed by atoms with E-state index < -0.39 is 4.92 Å². The fourth-order valence-electron chi connectivity index (χ4n) is 1.47. The van der Waals surface area contributed by atoms with Gasteiger partial charge in [0, 0.05) is 26.3 Å². The predicted molar refractivity (Wildman–Crippen MR) is 53.9 cm³/mol. The van der Waals surface area contributed by atoms with Crippen molar-refractivity contribution in [3.8, 4) is 0 Å². The highest BCUT2D eigenvalue weighted by molar-refractivity contribution is 5.49. The van der Waals surface area contributed by atoms with E-state index in [0.29, 0.717) is 0 Å². The maximum absolute atomic E-state index is 10.4. The largest absolute Gasteiger partial charge is 0.378 e. The number of hydrogen-bond donors (Lipinski definition) is 0. The lowest BCUT2D eigenvalue weighted by Gasteiger charge is -2.39. The number of rotatable bonds is 3. The minimum absolute atomic E-state index is 0.123. The van der Waals surface area contributed by atoms with Gasteiger partial charge in [0.2, 0.25) is 0 Å². The third-order valence-electron chi connectivity index (χ3n) is 2.47. The van der Waals surface area contributed by atoms with Gasteiger partial charge in [-0.1, -0.05) is 0 Å². The van der Waals surface area contributed by atoms with Crippen LogP contribution in [0.4, 0.5) is 11.5 Å². The molecule has 0 unspecified atom stereocenters. The quantitative estimate of drug-likeness (QED) is 0.544. The number of nitrogens with zero attached hydrogens (tertiary/aromatic N) is 3. The Balaban J connectivity index is 2.02. The second-order valence-corrected chi connectivity index (χ2v) is 3.39. The zero-order chi connectivity index (χ0) is 10.8. The van der Waals surface area contributed by atoms with Gasteiger partial charge < -0.3 is 19.8 Å². The minimum Gasteiger partial charge on any atom is -0.378 e. The Morgan fingerprint density at radius 3 is 2.80 bits per heavy atom. The standard InChI is InChI=1S/C9H11N3O3/c1-15-8-5-11(6-8)7-2-3-9(10-4-7)12(13)14/h2-4,8H,5-6H2,1H3. The lowest BCUT2D eigenvalue weighted by atomic mass is 10.1. The van der Waals surface area contributed by atoms with Gasteiger partial charge in [0.05, 0.1) is 11.8 Å². The van der Waals surface area contributed by atoms with E-state index in [4.69, 9.17) is 4.74 Å². The normalized spacial score (nSPS) is 16.2. The van der Waals surface area contributed by atoms with Crippen molar-refractivity contribution in [1.82, 2.24) is 4.98 Å². The molecule has 2 heterocycles. The van der Waals surface area contributed by atoms with Crippen molar-refractivity contribution in [3.05, 3.63) is 28.4 Å². The molecule has 1 aromatic rings. The Hall–Kier alpha value is -1.69. The molecule has 0 aromatic carbocycles. The van der Waals surface area contributed by atoms with Crippen molar-refractivity contribution < 1.29 is 9.66 Å². The summed E-state index contributed by atoms with van der Waals surface area (Å²) in [6.07, 6.45) is 1.78. The number of aromatic nitrogens is 1. The molecular weight excluding hydrogens is 198 g/mol. The molecule has 0 bridgehead atoms. The number of nitro groups is 1. The van der Waals surface area contributed by atoms with Crippen molar-refractivity contribution in [2.75, 3.05) is 25.1 Å². The predicted octanol–water partition coefficient (Wildman–Crippen LogP) is 0.825. The molecule has 0 radical (unpaired) electrons. The van der Waals surface area contributed by atoms with Gasteiger partial charge in [-0.2, -0.15) is 0 Å². The number of ether oxygens (including phenoxy) is 1. The lowest BCUT2D eigenvalue weighted by Crippen LogP contribution is -2.51. The fourth-order valence-corrected chi connectivity index (χ4v) is 1.47. The third-order valence-corrected chi connectivity index (χ3v) is 2.47. The van der Waals surface area contributed by atoms with E-state index >= 15 is 0 Å². The second kappa shape index (κ2) is 3.82. The van der Waals surface area contributed by atoms with Crippen molar-refractivity contribution in [3.63, 3.8) is 0 Å². The maximum Gasteiger partial charge on any atom is 0.363 e. The number of anilines is 1. The van der Waals surface area contributed by atoms with Gasteiger partial charge in [-0.05, 0) is 16.0 Å². The Morgan fingerprint density at radius 1 is 1.60 bits per heavy atom. The molecule has 1 saturated heterocycles. The molecule has 0 spiro atoms. The van der Waals surface area contributed by atoms with Crippen LogP contribution in [0.1, 0.15) is 0 Å². The first kappa shape index (κ1) is 9.85. The molecule has 6 heteroatoms. The van der Waals surface area contributed by atoms with E-state index in [0.717, 1.165) is 18.8 Å². The van der Waals surface area contributed by atoms with Crippen molar-refractivity contribution in [2.45, 2.75) is 6.10 Å². The fraction of sp³-hybridized carbons (Fsp3) is 0.444. The van der Waals surface area contributed by atoms with E-state index in [1.54, 1.807) is 13.2 Å². The highest BCUT2D eigenvalue weighted by atomic mass is 16.6. The van der Waals surface area contributed by atoms with Crippen molar-refractivity contribution in [1.29, 1.82) is 0 Å². The van der Waals surface area contributed by atoms with Crippen LogP contribution in [0.25, 0.3) is 0 Å². The van der Waals surface area contributed by atoms with Gasteiger partial charge >= 0.3 is 5.82 Å². The SMILES string of the molecule is COC1CN(c2ccc([N+](=O)[O-])nc2)C1. The van der Waals surface area contributed by atoms with E-state index in [1.165, 1.54) is 12.3 Å². The van der Waals surface area contributed by atoms with Crippen LogP contribution in [-0.4, -0.2) is 36.2 Å².